The molecule has 0 radical (unpaired) electrons. The summed E-state index contributed by atoms with van der Waals surface area (Å²) in [5, 5.41) is 5.29. The fourth-order valence-electron chi connectivity index (χ4n) is 3.51. The first kappa shape index (κ1) is 18.6. The summed E-state index contributed by atoms with van der Waals surface area (Å²) in [4.78, 5) is 26.0. The van der Waals surface area contributed by atoms with Crippen LogP contribution in [0.4, 0.5) is 5.95 Å². The molecular formula is C21H24N5OS+. The van der Waals surface area contributed by atoms with Gasteiger partial charge >= 0.3 is 0 Å². The maximum atomic E-state index is 12.8. The van der Waals surface area contributed by atoms with Gasteiger partial charge < -0.3 is 15.1 Å². The second-order valence-corrected chi connectivity index (χ2v) is 7.87. The van der Waals surface area contributed by atoms with Gasteiger partial charge in [0, 0.05) is 17.3 Å². The molecule has 0 unspecified atom stereocenters. The van der Waals surface area contributed by atoms with Crippen LogP contribution in [0.15, 0.2) is 66.3 Å². The molecule has 144 valence electrons. The Kier molecular flexibility index (Phi) is 5.94. The number of amides is 1. The van der Waals surface area contributed by atoms with E-state index < -0.39 is 0 Å². The van der Waals surface area contributed by atoms with Crippen molar-refractivity contribution in [1.29, 1.82) is 0 Å². The molecule has 0 saturated carbocycles. The highest BCUT2D eigenvalue weighted by atomic mass is 32.1. The molecule has 3 aromatic rings. The average molecular weight is 395 g/mol. The van der Waals surface area contributed by atoms with Gasteiger partial charge in [-0.25, -0.2) is 9.97 Å². The monoisotopic (exact) mass is 394 g/mol. The summed E-state index contributed by atoms with van der Waals surface area (Å²) in [7, 11) is 0. The molecule has 2 aromatic heterocycles. The Morgan fingerprint density at radius 2 is 1.82 bits per heavy atom. The Bertz CT molecular complexity index is 864. The highest BCUT2D eigenvalue weighted by Crippen LogP contribution is 2.25. The molecule has 1 aliphatic rings. The summed E-state index contributed by atoms with van der Waals surface area (Å²) in [5.41, 5.74) is 1.11. The molecule has 4 rings (SSSR count). The molecule has 1 atom stereocenters. The van der Waals surface area contributed by atoms with Crippen LogP contribution in [-0.4, -0.2) is 48.6 Å². The van der Waals surface area contributed by atoms with Gasteiger partial charge in [0.05, 0.1) is 32.2 Å². The van der Waals surface area contributed by atoms with Gasteiger partial charge in [-0.3, -0.25) is 4.79 Å². The van der Waals surface area contributed by atoms with Crippen LogP contribution in [0.2, 0.25) is 0 Å². The third-order valence-electron chi connectivity index (χ3n) is 4.98. The average Bonchev–Trinajstić information content (AvgIpc) is 3.28. The van der Waals surface area contributed by atoms with E-state index in [9.17, 15) is 4.79 Å². The molecule has 1 amide bonds. The van der Waals surface area contributed by atoms with Crippen molar-refractivity contribution in [3.8, 4) is 0 Å². The van der Waals surface area contributed by atoms with Gasteiger partial charge in [-0.05, 0) is 23.1 Å². The number of piperazine rings is 1. The number of carbonyl (C=O) groups is 1. The molecule has 3 heterocycles. The summed E-state index contributed by atoms with van der Waals surface area (Å²) in [5.74, 6) is 0.856. The summed E-state index contributed by atoms with van der Waals surface area (Å²) < 4.78 is 0. The van der Waals surface area contributed by atoms with E-state index in [1.165, 1.54) is 4.90 Å². The molecule has 1 fully saturated rings. The van der Waals surface area contributed by atoms with Crippen molar-refractivity contribution >= 4 is 23.2 Å². The van der Waals surface area contributed by atoms with E-state index in [-0.39, 0.29) is 11.9 Å². The number of hydrogen-bond acceptors (Lipinski definition) is 5. The minimum Gasteiger partial charge on any atom is -0.339 e. The Hall–Kier alpha value is -2.77. The molecule has 7 heteroatoms. The topological polar surface area (TPSA) is 62.6 Å². The molecule has 0 bridgehead atoms. The normalized spacial score (nSPS) is 15.9. The van der Waals surface area contributed by atoms with E-state index in [1.54, 1.807) is 23.7 Å². The van der Waals surface area contributed by atoms with E-state index >= 15 is 0 Å². The van der Waals surface area contributed by atoms with Crippen molar-refractivity contribution in [3.05, 3.63) is 76.7 Å². The first-order valence-corrected chi connectivity index (χ1v) is 10.4. The number of carbonyl (C=O) groups excluding carboxylic acids is 1. The first-order chi connectivity index (χ1) is 13.8. The van der Waals surface area contributed by atoms with Crippen molar-refractivity contribution in [2.75, 3.05) is 37.6 Å². The molecule has 1 saturated heterocycles. The Morgan fingerprint density at radius 1 is 1.07 bits per heavy atom. The predicted molar refractivity (Wildman–Crippen MR) is 111 cm³/mol. The summed E-state index contributed by atoms with van der Waals surface area (Å²) >= 11 is 1.67. The van der Waals surface area contributed by atoms with Crippen molar-refractivity contribution < 1.29 is 9.69 Å². The van der Waals surface area contributed by atoms with Gasteiger partial charge in [0.15, 0.2) is 6.54 Å². The van der Waals surface area contributed by atoms with Crippen molar-refractivity contribution in [2.45, 2.75) is 6.04 Å². The lowest BCUT2D eigenvalue weighted by molar-refractivity contribution is -0.892. The second-order valence-electron chi connectivity index (χ2n) is 6.89. The van der Waals surface area contributed by atoms with Crippen molar-refractivity contribution in [2.24, 2.45) is 0 Å². The summed E-state index contributed by atoms with van der Waals surface area (Å²) in [6.07, 6.45) is 3.53. The number of nitrogens with zero attached hydrogens (tertiary/aromatic N) is 3. The van der Waals surface area contributed by atoms with Gasteiger partial charge in [0.1, 0.15) is 0 Å². The molecule has 1 aliphatic heterocycles. The lowest BCUT2D eigenvalue weighted by atomic mass is 10.1. The number of rotatable bonds is 6. The van der Waals surface area contributed by atoms with E-state index in [4.69, 9.17) is 0 Å². The maximum Gasteiger partial charge on any atom is 0.275 e. The SMILES string of the molecule is O=C(C[NH+]1CCN(c2ncccn2)CC1)N[C@@H](c1ccccc1)c1cccs1. The standard InChI is InChI=1S/C21H23N5OS/c27-19(16-25-11-13-26(14-12-25)21-22-9-5-10-23-21)24-20(18-8-4-15-28-18)17-6-2-1-3-7-17/h1-10,15,20H,11-14,16H2,(H,24,27)/p+1/t20-/m0/s1. The summed E-state index contributed by atoms with van der Waals surface area (Å²) in [6, 6.07) is 16.0. The van der Waals surface area contributed by atoms with Gasteiger partial charge in [-0.1, -0.05) is 36.4 Å². The highest BCUT2D eigenvalue weighted by molar-refractivity contribution is 7.10. The lowest BCUT2D eigenvalue weighted by Gasteiger charge is -2.32. The molecule has 28 heavy (non-hydrogen) atoms. The van der Waals surface area contributed by atoms with Gasteiger partial charge in [0.2, 0.25) is 5.95 Å². The molecular weight excluding hydrogens is 370 g/mol. The van der Waals surface area contributed by atoms with Crippen LogP contribution in [0, 0.1) is 0 Å². The first-order valence-electron chi connectivity index (χ1n) is 9.53. The number of aromatic nitrogens is 2. The van der Waals surface area contributed by atoms with Crippen LogP contribution in [0.25, 0.3) is 0 Å². The fraction of sp³-hybridized carbons (Fsp3) is 0.286. The van der Waals surface area contributed by atoms with Crippen molar-refractivity contribution in [3.63, 3.8) is 0 Å². The molecule has 1 aromatic carbocycles. The minimum atomic E-state index is -0.0906. The smallest absolute Gasteiger partial charge is 0.275 e. The molecule has 6 nitrogen and oxygen atoms in total. The van der Waals surface area contributed by atoms with E-state index in [0.717, 1.165) is 42.6 Å². The van der Waals surface area contributed by atoms with Crippen LogP contribution >= 0.6 is 11.3 Å². The number of nitrogens with one attached hydrogen (secondary N) is 2. The molecule has 2 N–H and O–H groups in total. The van der Waals surface area contributed by atoms with E-state index in [2.05, 4.69) is 38.4 Å². The lowest BCUT2D eigenvalue weighted by Crippen LogP contribution is -3.16. The van der Waals surface area contributed by atoms with Crippen LogP contribution in [0.1, 0.15) is 16.5 Å². The van der Waals surface area contributed by atoms with Crippen LogP contribution in [-0.2, 0) is 4.79 Å². The molecule has 0 aliphatic carbocycles. The van der Waals surface area contributed by atoms with Gasteiger partial charge in [-0.15, -0.1) is 11.3 Å². The van der Waals surface area contributed by atoms with Gasteiger partial charge in [0.25, 0.3) is 5.91 Å². The predicted octanol–water partition coefficient (Wildman–Crippen LogP) is 1.15. The highest BCUT2D eigenvalue weighted by Gasteiger charge is 2.25. The zero-order valence-corrected chi connectivity index (χ0v) is 16.4. The fourth-order valence-corrected chi connectivity index (χ4v) is 4.32. The third kappa shape index (κ3) is 4.55. The van der Waals surface area contributed by atoms with Crippen LogP contribution in [0.3, 0.4) is 0 Å². The third-order valence-corrected chi connectivity index (χ3v) is 5.92. The number of anilines is 1. The van der Waals surface area contributed by atoms with Crippen molar-refractivity contribution in [1.82, 2.24) is 15.3 Å². The number of benzene rings is 1. The zero-order valence-electron chi connectivity index (χ0n) is 15.6. The quantitative estimate of drug-likeness (QED) is 0.658. The van der Waals surface area contributed by atoms with Crippen LogP contribution in [0.5, 0.6) is 0 Å². The van der Waals surface area contributed by atoms with Gasteiger partial charge in [-0.2, -0.15) is 0 Å². The Balaban J connectivity index is 1.35. The molecule has 0 spiro atoms. The Labute approximate surface area is 168 Å². The summed E-state index contributed by atoms with van der Waals surface area (Å²) in [6.45, 7) is 4.01. The van der Waals surface area contributed by atoms with E-state index in [1.807, 2.05) is 35.7 Å². The number of quaternary nitrogens is 1. The largest absolute Gasteiger partial charge is 0.339 e. The zero-order chi connectivity index (χ0) is 19.2. The van der Waals surface area contributed by atoms with E-state index in [0.29, 0.717) is 6.54 Å². The number of hydrogen-bond donors (Lipinski definition) is 2. The Morgan fingerprint density at radius 3 is 2.50 bits per heavy atom. The van der Waals surface area contributed by atoms with Crippen LogP contribution < -0.4 is 15.1 Å². The second kappa shape index (κ2) is 8.95. The maximum absolute atomic E-state index is 12.8. The number of thiophene rings is 1. The minimum absolute atomic E-state index is 0.0849.